The average Bonchev–Trinajstić information content (AvgIpc) is 3.12. The maximum Gasteiger partial charge on any atom is 0.408 e. The van der Waals surface area contributed by atoms with Crippen molar-refractivity contribution < 1.29 is 14.3 Å². The molecule has 5 unspecified atom stereocenters. The molecule has 1 aliphatic carbocycles. The number of nitrogens with zero attached hydrogens (tertiary/aromatic N) is 2. The zero-order valence-corrected chi connectivity index (χ0v) is 14.6. The number of nitrogens with one attached hydrogen (secondary N) is 1. The van der Waals surface area contributed by atoms with Gasteiger partial charge in [0, 0.05) is 6.04 Å². The van der Waals surface area contributed by atoms with E-state index in [0.717, 1.165) is 19.3 Å². The molecule has 1 N–H and O–H groups in total. The third-order valence-electron chi connectivity index (χ3n) is 4.66. The molecule has 1 saturated heterocycles. The van der Waals surface area contributed by atoms with Gasteiger partial charge in [-0.3, -0.25) is 4.79 Å². The van der Waals surface area contributed by atoms with Crippen molar-refractivity contribution in [3.05, 3.63) is 0 Å². The van der Waals surface area contributed by atoms with Gasteiger partial charge in [-0.25, -0.2) is 4.79 Å². The Morgan fingerprint density at radius 2 is 2.04 bits per heavy atom. The second kappa shape index (κ2) is 6.38. The quantitative estimate of drug-likeness (QED) is 0.862. The van der Waals surface area contributed by atoms with Crippen molar-refractivity contribution in [3.8, 4) is 6.07 Å². The van der Waals surface area contributed by atoms with Gasteiger partial charge in [0.15, 0.2) is 0 Å². The summed E-state index contributed by atoms with van der Waals surface area (Å²) < 4.78 is 5.28. The number of alkyl carbamates (subject to hydrolysis) is 1. The minimum absolute atomic E-state index is 0.0211. The van der Waals surface area contributed by atoms with Crippen LogP contribution in [0.1, 0.15) is 53.9 Å². The summed E-state index contributed by atoms with van der Waals surface area (Å²) in [6.45, 7) is 9.27. The first-order chi connectivity index (χ1) is 10.7. The predicted octanol–water partition coefficient (Wildman–Crippen LogP) is 2.44. The van der Waals surface area contributed by atoms with Crippen molar-refractivity contribution in [2.24, 2.45) is 11.8 Å². The van der Waals surface area contributed by atoms with Gasteiger partial charge in [0.25, 0.3) is 0 Å². The Balaban J connectivity index is 2.10. The summed E-state index contributed by atoms with van der Waals surface area (Å²) in [5, 5.41) is 12.0. The van der Waals surface area contributed by atoms with E-state index >= 15 is 0 Å². The van der Waals surface area contributed by atoms with Crippen LogP contribution in [0.25, 0.3) is 0 Å². The number of piperidine rings is 1. The lowest BCUT2D eigenvalue weighted by molar-refractivity contribution is -0.135. The number of likely N-dealkylation sites (tertiary alicyclic amines) is 1. The van der Waals surface area contributed by atoms with E-state index in [2.05, 4.69) is 11.4 Å². The summed E-state index contributed by atoms with van der Waals surface area (Å²) in [7, 11) is 0. The molecule has 0 aromatic carbocycles. The molecule has 2 rings (SSSR count). The van der Waals surface area contributed by atoms with Gasteiger partial charge < -0.3 is 15.0 Å². The number of carbonyl (C=O) groups excluding carboxylic acids is 2. The van der Waals surface area contributed by atoms with E-state index in [1.54, 1.807) is 25.7 Å². The van der Waals surface area contributed by atoms with E-state index < -0.39 is 17.7 Å². The van der Waals surface area contributed by atoms with Gasteiger partial charge in [0.1, 0.15) is 17.7 Å². The molecule has 1 aliphatic heterocycles. The molecule has 6 nitrogen and oxygen atoms in total. The lowest BCUT2D eigenvalue weighted by atomic mass is 9.97. The minimum Gasteiger partial charge on any atom is -0.444 e. The molecule has 0 aromatic heterocycles. The lowest BCUT2D eigenvalue weighted by Gasteiger charge is -2.31. The normalized spacial score (nSPS) is 28.3. The van der Waals surface area contributed by atoms with Crippen LogP contribution in [0, 0.1) is 23.2 Å². The summed E-state index contributed by atoms with van der Waals surface area (Å²) in [5.41, 5.74) is -0.614. The van der Waals surface area contributed by atoms with E-state index in [0.29, 0.717) is 5.92 Å². The highest BCUT2D eigenvalue weighted by Gasteiger charge is 2.55. The van der Waals surface area contributed by atoms with Gasteiger partial charge in [-0.1, -0.05) is 20.3 Å². The van der Waals surface area contributed by atoms with Crippen LogP contribution in [0.2, 0.25) is 0 Å². The third kappa shape index (κ3) is 3.95. The summed E-state index contributed by atoms with van der Waals surface area (Å²) >= 11 is 0. The molecule has 0 radical (unpaired) electrons. The van der Waals surface area contributed by atoms with Gasteiger partial charge in [-0.2, -0.15) is 5.26 Å². The van der Waals surface area contributed by atoms with E-state index in [-0.39, 0.29) is 23.9 Å². The number of hydrogen-bond acceptors (Lipinski definition) is 4. The first-order valence-electron chi connectivity index (χ1n) is 8.39. The van der Waals surface area contributed by atoms with Gasteiger partial charge in [-0.15, -0.1) is 0 Å². The average molecular weight is 321 g/mol. The molecule has 1 heterocycles. The molecule has 0 spiro atoms. The van der Waals surface area contributed by atoms with Crippen LogP contribution in [0.5, 0.6) is 0 Å². The molecule has 1 saturated carbocycles. The Morgan fingerprint density at radius 3 is 2.57 bits per heavy atom. The second-order valence-corrected chi connectivity index (χ2v) is 7.70. The lowest BCUT2D eigenvalue weighted by Crippen LogP contribution is -2.54. The van der Waals surface area contributed by atoms with Crippen molar-refractivity contribution in [1.29, 1.82) is 5.26 Å². The first kappa shape index (κ1) is 17.6. The van der Waals surface area contributed by atoms with Crippen LogP contribution in [0.3, 0.4) is 0 Å². The molecule has 2 amide bonds. The molecular weight excluding hydrogens is 294 g/mol. The number of fused-ring (bicyclic) bond motifs is 1. The Hall–Kier alpha value is -1.77. The van der Waals surface area contributed by atoms with E-state index in [4.69, 9.17) is 4.74 Å². The number of carbonyl (C=O) groups is 2. The van der Waals surface area contributed by atoms with Gasteiger partial charge in [-0.05, 0) is 45.4 Å². The zero-order chi connectivity index (χ0) is 17.4. The van der Waals surface area contributed by atoms with Crippen LogP contribution in [0.4, 0.5) is 4.79 Å². The van der Waals surface area contributed by atoms with Crippen LogP contribution in [0.15, 0.2) is 0 Å². The topological polar surface area (TPSA) is 82.4 Å². The number of amides is 2. The highest BCUT2D eigenvalue weighted by atomic mass is 16.6. The largest absolute Gasteiger partial charge is 0.444 e. The van der Waals surface area contributed by atoms with E-state index in [1.807, 2.05) is 13.8 Å². The third-order valence-corrected chi connectivity index (χ3v) is 4.66. The molecule has 2 aliphatic rings. The molecular formula is C17H27N3O3. The van der Waals surface area contributed by atoms with E-state index in [9.17, 15) is 14.9 Å². The fraction of sp³-hybridized carbons (Fsp3) is 0.824. The minimum atomic E-state index is -0.648. The fourth-order valence-electron chi connectivity index (χ4n) is 3.17. The van der Waals surface area contributed by atoms with Crippen molar-refractivity contribution in [2.75, 3.05) is 0 Å². The Kier molecular flexibility index (Phi) is 4.88. The van der Waals surface area contributed by atoms with Crippen molar-refractivity contribution in [1.82, 2.24) is 10.2 Å². The first-order valence-corrected chi connectivity index (χ1v) is 8.39. The Morgan fingerprint density at radius 1 is 1.39 bits per heavy atom. The predicted molar refractivity (Wildman–Crippen MR) is 85.4 cm³/mol. The SMILES string of the molecule is CCC(C)C(NC(=O)OC(C)(C)C)C(=O)N1C(C#N)CC2CC21. The molecule has 0 bridgehead atoms. The Labute approximate surface area is 138 Å². The van der Waals surface area contributed by atoms with Crippen LogP contribution in [-0.2, 0) is 9.53 Å². The highest BCUT2D eigenvalue weighted by Crippen LogP contribution is 2.48. The van der Waals surface area contributed by atoms with Gasteiger partial charge in [0.2, 0.25) is 5.91 Å². The fourth-order valence-corrected chi connectivity index (χ4v) is 3.17. The molecule has 2 fully saturated rings. The standard InChI is InChI=1S/C17H27N3O3/c1-6-10(2)14(19-16(22)23-17(3,4)5)15(21)20-12(9-18)7-11-8-13(11)20/h10-14H,6-8H2,1-5H3,(H,19,22). The van der Waals surface area contributed by atoms with Crippen LogP contribution >= 0.6 is 0 Å². The number of rotatable bonds is 4. The molecule has 5 atom stereocenters. The summed E-state index contributed by atoms with van der Waals surface area (Å²) in [6.07, 6.45) is 1.90. The number of ether oxygens (including phenoxy) is 1. The van der Waals surface area contributed by atoms with Crippen molar-refractivity contribution >= 4 is 12.0 Å². The summed E-state index contributed by atoms with van der Waals surface area (Å²) in [6, 6.07) is 1.39. The molecule has 23 heavy (non-hydrogen) atoms. The second-order valence-electron chi connectivity index (χ2n) is 7.70. The van der Waals surface area contributed by atoms with E-state index in [1.165, 1.54) is 0 Å². The molecule has 0 aromatic rings. The van der Waals surface area contributed by atoms with Crippen molar-refractivity contribution in [3.63, 3.8) is 0 Å². The zero-order valence-electron chi connectivity index (χ0n) is 14.6. The molecule has 6 heteroatoms. The number of nitriles is 1. The molecule has 128 valence electrons. The maximum atomic E-state index is 13.0. The highest BCUT2D eigenvalue weighted by molar-refractivity contribution is 5.87. The smallest absolute Gasteiger partial charge is 0.408 e. The number of hydrogen-bond donors (Lipinski definition) is 1. The van der Waals surface area contributed by atoms with Crippen LogP contribution in [-0.4, -0.2) is 40.6 Å². The summed E-state index contributed by atoms with van der Waals surface area (Å²) in [4.78, 5) is 26.7. The maximum absolute atomic E-state index is 13.0. The van der Waals surface area contributed by atoms with Gasteiger partial charge in [0.05, 0.1) is 6.07 Å². The Bertz CT molecular complexity index is 520. The van der Waals surface area contributed by atoms with Gasteiger partial charge >= 0.3 is 6.09 Å². The monoisotopic (exact) mass is 321 g/mol. The van der Waals surface area contributed by atoms with Crippen molar-refractivity contribution in [2.45, 2.75) is 77.6 Å². The summed E-state index contributed by atoms with van der Waals surface area (Å²) in [5.74, 6) is 0.289. The van der Waals surface area contributed by atoms with Crippen LogP contribution < -0.4 is 5.32 Å².